The highest BCUT2D eigenvalue weighted by atomic mass is 16.5. The van der Waals surface area contributed by atoms with Crippen LogP contribution in [0.4, 0.5) is 0 Å². The molecule has 0 spiro atoms. The molecule has 1 N–H and O–H groups in total. The SMILES string of the molecule is CNC1CN2CCCC2(COC)C1. The summed E-state index contributed by atoms with van der Waals surface area (Å²) >= 11 is 0. The second-order valence-corrected chi connectivity index (χ2v) is 4.40. The van der Waals surface area contributed by atoms with E-state index in [1.54, 1.807) is 0 Å². The number of hydrogen-bond donors (Lipinski definition) is 1. The summed E-state index contributed by atoms with van der Waals surface area (Å²) in [6.07, 6.45) is 3.93. The summed E-state index contributed by atoms with van der Waals surface area (Å²) in [6.45, 7) is 3.38. The average molecular weight is 184 g/mol. The van der Waals surface area contributed by atoms with Crippen LogP contribution in [0.15, 0.2) is 0 Å². The van der Waals surface area contributed by atoms with Crippen molar-refractivity contribution in [1.82, 2.24) is 10.2 Å². The zero-order valence-electron chi connectivity index (χ0n) is 8.68. The minimum absolute atomic E-state index is 0.377. The lowest BCUT2D eigenvalue weighted by atomic mass is 9.94. The fourth-order valence-electron chi connectivity index (χ4n) is 2.98. The summed E-state index contributed by atoms with van der Waals surface area (Å²) in [5.74, 6) is 0. The quantitative estimate of drug-likeness (QED) is 0.689. The van der Waals surface area contributed by atoms with Crippen LogP contribution in [0.3, 0.4) is 0 Å². The minimum atomic E-state index is 0.377. The summed E-state index contributed by atoms with van der Waals surface area (Å²) in [6, 6.07) is 0.676. The predicted octanol–water partition coefficient (Wildman–Crippen LogP) is 0.459. The third-order valence-electron chi connectivity index (χ3n) is 3.63. The van der Waals surface area contributed by atoms with Gasteiger partial charge in [0.05, 0.1) is 6.61 Å². The van der Waals surface area contributed by atoms with Crippen molar-refractivity contribution < 1.29 is 4.74 Å². The maximum atomic E-state index is 5.35. The number of ether oxygens (including phenoxy) is 1. The van der Waals surface area contributed by atoms with Crippen molar-refractivity contribution >= 4 is 0 Å². The number of fused-ring (bicyclic) bond motifs is 1. The Morgan fingerprint density at radius 1 is 1.62 bits per heavy atom. The maximum absolute atomic E-state index is 5.35. The molecule has 3 nitrogen and oxygen atoms in total. The van der Waals surface area contributed by atoms with E-state index in [4.69, 9.17) is 4.74 Å². The summed E-state index contributed by atoms with van der Waals surface area (Å²) in [4.78, 5) is 2.61. The first-order chi connectivity index (χ1) is 6.30. The van der Waals surface area contributed by atoms with Crippen LogP contribution in [0, 0.1) is 0 Å². The monoisotopic (exact) mass is 184 g/mol. The number of likely N-dealkylation sites (N-methyl/N-ethyl adjacent to an activating group) is 1. The molecule has 2 aliphatic rings. The predicted molar refractivity (Wildman–Crippen MR) is 52.9 cm³/mol. The molecule has 2 atom stereocenters. The topological polar surface area (TPSA) is 24.5 Å². The number of nitrogens with zero attached hydrogens (tertiary/aromatic N) is 1. The summed E-state index contributed by atoms with van der Waals surface area (Å²) < 4.78 is 5.35. The molecule has 0 bridgehead atoms. The van der Waals surface area contributed by atoms with Gasteiger partial charge in [-0.05, 0) is 32.9 Å². The molecule has 13 heavy (non-hydrogen) atoms. The molecular weight excluding hydrogens is 164 g/mol. The Morgan fingerprint density at radius 2 is 2.46 bits per heavy atom. The third kappa shape index (κ3) is 1.49. The Hall–Kier alpha value is -0.120. The Kier molecular flexibility index (Phi) is 2.58. The van der Waals surface area contributed by atoms with Crippen LogP contribution in [0.1, 0.15) is 19.3 Å². The lowest BCUT2D eigenvalue weighted by Crippen LogP contribution is -2.42. The number of hydrogen-bond acceptors (Lipinski definition) is 3. The number of nitrogens with one attached hydrogen (secondary N) is 1. The highest BCUT2D eigenvalue weighted by molar-refractivity contribution is 5.05. The van der Waals surface area contributed by atoms with Gasteiger partial charge < -0.3 is 10.1 Å². The molecule has 2 unspecified atom stereocenters. The normalized spacial score (nSPS) is 39.7. The fraction of sp³-hybridized carbons (Fsp3) is 1.00. The molecule has 3 heteroatoms. The molecule has 2 saturated heterocycles. The van der Waals surface area contributed by atoms with Crippen LogP contribution < -0.4 is 5.32 Å². The van der Waals surface area contributed by atoms with Crippen LogP contribution in [0.2, 0.25) is 0 Å². The van der Waals surface area contributed by atoms with Crippen molar-refractivity contribution in [2.45, 2.75) is 30.8 Å². The van der Waals surface area contributed by atoms with Crippen LogP contribution in [-0.4, -0.2) is 50.3 Å². The smallest absolute Gasteiger partial charge is 0.0647 e. The van der Waals surface area contributed by atoms with Gasteiger partial charge in [-0.3, -0.25) is 4.90 Å². The van der Waals surface area contributed by atoms with Gasteiger partial charge in [0.15, 0.2) is 0 Å². The summed E-state index contributed by atoms with van der Waals surface area (Å²) in [7, 11) is 3.88. The van der Waals surface area contributed by atoms with E-state index in [2.05, 4.69) is 17.3 Å². The number of methoxy groups -OCH3 is 1. The van der Waals surface area contributed by atoms with Gasteiger partial charge in [0, 0.05) is 25.2 Å². The molecule has 0 saturated carbocycles. The van der Waals surface area contributed by atoms with E-state index >= 15 is 0 Å². The molecule has 2 rings (SSSR count). The molecule has 0 amide bonds. The molecule has 0 aromatic heterocycles. The van der Waals surface area contributed by atoms with Crippen LogP contribution in [0.5, 0.6) is 0 Å². The molecule has 2 heterocycles. The average Bonchev–Trinajstić information content (AvgIpc) is 2.60. The van der Waals surface area contributed by atoms with Crippen molar-refractivity contribution in [1.29, 1.82) is 0 Å². The zero-order valence-corrected chi connectivity index (χ0v) is 8.68. The van der Waals surface area contributed by atoms with E-state index in [0.717, 1.165) is 6.61 Å². The zero-order chi connectivity index (χ0) is 9.31. The summed E-state index contributed by atoms with van der Waals surface area (Å²) in [5, 5.41) is 3.38. The Balaban J connectivity index is 2.05. The van der Waals surface area contributed by atoms with E-state index in [1.165, 1.54) is 32.4 Å². The van der Waals surface area contributed by atoms with Gasteiger partial charge >= 0.3 is 0 Å². The Labute approximate surface area is 80.4 Å². The molecule has 0 radical (unpaired) electrons. The summed E-state index contributed by atoms with van der Waals surface area (Å²) in [5.41, 5.74) is 0.377. The second-order valence-electron chi connectivity index (χ2n) is 4.40. The molecule has 0 aromatic carbocycles. The van der Waals surface area contributed by atoms with Crippen molar-refractivity contribution in [2.75, 3.05) is 33.9 Å². The minimum Gasteiger partial charge on any atom is -0.383 e. The van der Waals surface area contributed by atoms with E-state index in [1.807, 2.05) is 7.11 Å². The largest absolute Gasteiger partial charge is 0.383 e. The van der Waals surface area contributed by atoms with Gasteiger partial charge in [0.25, 0.3) is 0 Å². The van der Waals surface area contributed by atoms with Crippen molar-refractivity contribution in [3.63, 3.8) is 0 Å². The third-order valence-corrected chi connectivity index (χ3v) is 3.63. The van der Waals surface area contributed by atoms with Gasteiger partial charge in [0.2, 0.25) is 0 Å². The van der Waals surface area contributed by atoms with Crippen LogP contribution >= 0.6 is 0 Å². The van der Waals surface area contributed by atoms with Gasteiger partial charge in [0.1, 0.15) is 0 Å². The number of rotatable bonds is 3. The standard InChI is InChI=1S/C10H20N2O/c1-11-9-6-10(8-13-2)4-3-5-12(10)7-9/h9,11H,3-8H2,1-2H3. The highest BCUT2D eigenvalue weighted by Crippen LogP contribution is 2.38. The van der Waals surface area contributed by atoms with Crippen LogP contribution in [-0.2, 0) is 4.74 Å². The van der Waals surface area contributed by atoms with Gasteiger partial charge in [-0.2, -0.15) is 0 Å². The molecular formula is C10H20N2O. The maximum Gasteiger partial charge on any atom is 0.0647 e. The highest BCUT2D eigenvalue weighted by Gasteiger charge is 2.47. The Bertz CT molecular complexity index is 186. The van der Waals surface area contributed by atoms with Gasteiger partial charge in [-0.1, -0.05) is 0 Å². The first kappa shape index (κ1) is 9.44. The first-order valence-electron chi connectivity index (χ1n) is 5.22. The van der Waals surface area contributed by atoms with Crippen LogP contribution in [0.25, 0.3) is 0 Å². The van der Waals surface area contributed by atoms with Crippen molar-refractivity contribution in [3.8, 4) is 0 Å². The Morgan fingerprint density at radius 3 is 3.15 bits per heavy atom. The van der Waals surface area contributed by atoms with E-state index in [-0.39, 0.29) is 0 Å². The molecule has 76 valence electrons. The lowest BCUT2D eigenvalue weighted by molar-refractivity contribution is 0.0654. The molecule has 0 aromatic rings. The molecule has 0 aliphatic carbocycles. The van der Waals surface area contributed by atoms with Crippen molar-refractivity contribution in [3.05, 3.63) is 0 Å². The second kappa shape index (κ2) is 3.56. The van der Waals surface area contributed by atoms with E-state index in [0.29, 0.717) is 11.6 Å². The van der Waals surface area contributed by atoms with Gasteiger partial charge in [-0.15, -0.1) is 0 Å². The fourth-order valence-corrected chi connectivity index (χ4v) is 2.98. The van der Waals surface area contributed by atoms with E-state index in [9.17, 15) is 0 Å². The molecule has 2 aliphatic heterocycles. The molecule has 2 fully saturated rings. The van der Waals surface area contributed by atoms with Gasteiger partial charge in [-0.25, -0.2) is 0 Å². The first-order valence-corrected chi connectivity index (χ1v) is 5.22. The lowest BCUT2D eigenvalue weighted by Gasteiger charge is -2.30. The van der Waals surface area contributed by atoms with Crippen molar-refractivity contribution in [2.24, 2.45) is 0 Å². The van der Waals surface area contributed by atoms with E-state index < -0.39 is 0 Å².